The van der Waals surface area contributed by atoms with Crippen molar-refractivity contribution in [3.8, 4) is 11.5 Å². The molecule has 0 radical (unpaired) electrons. The van der Waals surface area contributed by atoms with Crippen LogP contribution in [0.4, 0.5) is 5.69 Å². The van der Waals surface area contributed by atoms with E-state index in [2.05, 4.69) is 36.5 Å². The molecule has 3 aromatic rings. The standard InChI is InChI=1S/C14H14BrN5O/c1-9-12(8-20(2)19-9)16-7-13-17-18-14(21-13)10-5-3-4-6-11(10)15/h3-6,8,16H,7H2,1-2H3. The Bertz CT molecular complexity index is 764. The molecule has 0 aliphatic rings. The van der Waals surface area contributed by atoms with Gasteiger partial charge in [0.1, 0.15) is 0 Å². The first kappa shape index (κ1) is 13.8. The molecule has 0 saturated carbocycles. The first-order valence-electron chi connectivity index (χ1n) is 6.45. The highest BCUT2D eigenvalue weighted by Gasteiger charge is 2.11. The average molecular weight is 348 g/mol. The zero-order chi connectivity index (χ0) is 14.8. The zero-order valence-corrected chi connectivity index (χ0v) is 13.3. The first-order chi connectivity index (χ1) is 10.1. The van der Waals surface area contributed by atoms with E-state index in [1.165, 1.54) is 0 Å². The summed E-state index contributed by atoms with van der Waals surface area (Å²) in [5.74, 6) is 1.03. The molecule has 0 amide bonds. The molecule has 0 fully saturated rings. The molecule has 2 aromatic heterocycles. The van der Waals surface area contributed by atoms with Gasteiger partial charge in [0.15, 0.2) is 0 Å². The molecular weight excluding hydrogens is 334 g/mol. The molecule has 0 unspecified atom stereocenters. The number of nitrogens with zero attached hydrogens (tertiary/aromatic N) is 4. The van der Waals surface area contributed by atoms with Crippen molar-refractivity contribution in [1.29, 1.82) is 0 Å². The van der Waals surface area contributed by atoms with Gasteiger partial charge in [-0.3, -0.25) is 4.68 Å². The van der Waals surface area contributed by atoms with Crippen LogP contribution < -0.4 is 5.32 Å². The Morgan fingerprint density at radius 1 is 1.29 bits per heavy atom. The van der Waals surface area contributed by atoms with Crippen LogP contribution in [0.1, 0.15) is 11.6 Å². The van der Waals surface area contributed by atoms with Crippen LogP contribution in [0.15, 0.2) is 39.4 Å². The Balaban J connectivity index is 1.74. The maximum atomic E-state index is 5.68. The Morgan fingerprint density at radius 3 is 2.81 bits per heavy atom. The number of aryl methyl sites for hydroxylation is 2. The largest absolute Gasteiger partial charge is 0.419 e. The Morgan fingerprint density at radius 2 is 2.10 bits per heavy atom. The Hall–Kier alpha value is -2.15. The van der Waals surface area contributed by atoms with Crippen LogP contribution in [0.25, 0.3) is 11.5 Å². The fourth-order valence-electron chi connectivity index (χ4n) is 2.01. The lowest BCUT2D eigenvalue weighted by atomic mass is 10.2. The van der Waals surface area contributed by atoms with Gasteiger partial charge in [0.2, 0.25) is 11.8 Å². The smallest absolute Gasteiger partial charge is 0.248 e. The van der Waals surface area contributed by atoms with Crippen molar-refractivity contribution in [2.45, 2.75) is 13.5 Å². The van der Waals surface area contributed by atoms with Crippen molar-refractivity contribution in [3.63, 3.8) is 0 Å². The molecule has 0 spiro atoms. The second-order valence-electron chi connectivity index (χ2n) is 4.64. The molecule has 1 N–H and O–H groups in total. The highest BCUT2D eigenvalue weighted by atomic mass is 79.9. The maximum absolute atomic E-state index is 5.68. The van der Waals surface area contributed by atoms with Crippen molar-refractivity contribution >= 4 is 21.6 Å². The van der Waals surface area contributed by atoms with E-state index >= 15 is 0 Å². The van der Waals surface area contributed by atoms with Crippen molar-refractivity contribution in [3.05, 3.63) is 46.5 Å². The van der Waals surface area contributed by atoms with E-state index in [-0.39, 0.29) is 0 Å². The van der Waals surface area contributed by atoms with Crippen LogP contribution in [-0.4, -0.2) is 20.0 Å². The number of hydrogen-bond acceptors (Lipinski definition) is 5. The van der Waals surface area contributed by atoms with Gasteiger partial charge in [-0.25, -0.2) is 0 Å². The number of hydrogen-bond donors (Lipinski definition) is 1. The number of aromatic nitrogens is 4. The van der Waals surface area contributed by atoms with E-state index in [0.29, 0.717) is 18.3 Å². The molecule has 2 heterocycles. The SMILES string of the molecule is Cc1nn(C)cc1NCc1nnc(-c2ccccc2Br)o1. The molecule has 7 heteroatoms. The van der Waals surface area contributed by atoms with E-state index in [1.54, 1.807) is 4.68 Å². The van der Waals surface area contributed by atoms with E-state index in [1.807, 2.05) is 44.4 Å². The summed E-state index contributed by atoms with van der Waals surface area (Å²) in [6.45, 7) is 2.41. The molecule has 1 aromatic carbocycles. The Kier molecular flexibility index (Phi) is 3.74. The summed E-state index contributed by atoms with van der Waals surface area (Å²) in [4.78, 5) is 0. The fourth-order valence-corrected chi connectivity index (χ4v) is 2.47. The lowest BCUT2D eigenvalue weighted by Crippen LogP contribution is -1.99. The second kappa shape index (κ2) is 5.69. The monoisotopic (exact) mass is 347 g/mol. The average Bonchev–Trinajstić information content (AvgIpc) is 3.04. The predicted octanol–water partition coefficient (Wildman–Crippen LogP) is 3.15. The van der Waals surface area contributed by atoms with Gasteiger partial charge in [0, 0.05) is 17.7 Å². The number of benzene rings is 1. The van der Waals surface area contributed by atoms with Crippen LogP contribution in [-0.2, 0) is 13.6 Å². The normalized spacial score (nSPS) is 10.8. The lowest BCUT2D eigenvalue weighted by Gasteiger charge is -2.00. The van der Waals surface area contributed by atoms with Crippen LogP contribution in [0, 0.1) is 6.92 Å². The minimum absolute atomic E-state index is 0.462. The third-order valence-corrected chi connectivity index (χ3v) is 3.71. The quantitative estimate of drug-likeness (QED) is 0.784. The van der Waals surface area contributed by atoms with Crippen molar-refractivity contribution in [2.24, 2.45) is 7.05 Å². The fraction of sp³-hybridized carbons (Fsp3) is 0.214. The molecule has 0 saturated heterocycles. The number of anilines is 1. The third kappa shape index (κ3) is 2.97. The van der Waals surface area contributed by atoms with Crippen LogP contribution >= 0.6 is 15.9 Å². The van der Waals surface area contributed by atoms with Gasteiger partial charge in [0.25, 0.3) is 0 Å². The van der Waals surface area contributed by atoms with Crippen molar-refractivity contribution in [1.82, 2.24) is 20.0 Å². The number of rotatable bonds is 4. The highest BCUT2D eigenvalue weighted by Crippen LogP contribution is 2.26. The van der Waals surface area contributed by atoms with Crippen LogP contribution in [0.2, 0.25) is 0 Å². The molecule has 6 nitrogen and oxygen atoms in total. The maximum Gasteiger partial charge on any atom is 0.248 e. The first-order valence-corrected chi connectivity index (χ1v) is 7.24. The lowest BCUT2D eigenvalue weighted by molar-refractivity contribution is 0.514. The van der Waals surface area contributed by atoms with Gasteiger partial charge < -0.3 is 9.73 Å². The van der Waals surface area contributed by atoms with Crippen molar-refractivity contribution in [2.75, 3.05) is 5.32 Å². The molecule has 108 valence electrons. The molecule has 0 aliphatic carbocycles. The molecule has 3 rings (SSSR count). The van der Waals surface area contributed by atoms with Crippen LogP contribution in [0.3, 0.4) is 0 Å². The zero-order valence-electron chi connectivity index (χ0n) is 11.7. The topological polar surface area (TPSA) is 68.8 Å². The van der Waals surface area contributed by atoms with Gasteiger partial charge in [0.05, 0.1) is 23.5 Å². The van der Waals surface area contributed by atoms with E-state index < -0.39 is 0 Å². The third-order valence-electron chi connectivity index (χ3n) is 3.01. The summed E-state index contributed by atoms with van der Waals surface area (Å²) in [6, 6.07) is 7.75. The number of nitrogens with one attached hydrogen (secondary N) is 1. The molecule has 21 heavy (non-hydrogen) atoms. The van der Waals surface area contributed by atoms with Gasteiger partial charge in [-0.15, -0.1) is 10.2 Å². The molecule has 0 aliphatic heterocycles. The summed E-state index contributed by atoms with van der Waals surface area (Å²) in [7, 11) is 1.88. The van der Waals surface area contributed by atoms with E-state index in [0.717, 1.165) is 21.4 Å². The molecule has 0 atom stereocenters. The van der Waals surface area contributed by atoms with Gasteiger partial charge in [-0.2, -0.15) is 5.10 Å². The Labute approximate surface area is 130 Å². The summed E-state index contributed by atoms with van der Waals surface area (Å²) < 4.78 is 8.37. The number of halogens is 1. The molecular formula is C14H14BrN5O. The van der Waals surface area contributed by atoms with E-state index in [9.17, 15) is 0 Å². The summed E-state index contributed by atoms with van der Waals surface area (Å²) in [6.07, 6.45) is 1.92. The summed E-state index contributed by atoms with van der Waals surface area (Å²) >= 11 is 3.48. The second-order valence-corrected chi connectivity index (χ2v) is 5.49. The minimum Gasteiger partial charge on any atom is -0.419 e. The predicted molar refractivity (Wildman–Crippen MR) is 82.7 cm³/mol. The van der Waals surface area contributed by atoms with Crippen molar-refractivity contribution < 1.29 is 4.42 Å². The van der Waals surface area contributed by atoms with Crippen LogP contribution in [0.5, 0.6) is 0 Å². The summed E-state index contributed by atoms with van der Waals surface area (Å²) in [5, 5.41) is 15.6. The van der Waals surface area contributed by atoms with Gasteiger partial charge >= 0.3 is 0 Å². The van der Waals surface area contributed by atoms with E-state index in [4.69, 9.17) is 4.42 Å². The van der Waals surface area contributed by atoms with Gasteiger partial charge in [-0.1, -0.05) is 12.1 Å². The highest BCUT2D eigenvalue weighted by molar-refractivity contribution is 9.10. The summed E-state index contributed by atoms with van der Waals surface area (Å²) in [5.41, 5.74) is 2.77. The van der Waals surface area contributed by atoms with Gasteiger partial charge in [-0.05, 0) is 35.0 Å². The molecule has 0 bridgehead atoms. The minimum atomic E-state index is 0.462.